The van der Waals surface area contributed by atoms with Crippen molar-refractivity contribution >= 4 is 7.82 Å². The van der Waals surface area contributed by atoms with Gasteiger partial charge < -0.3 is 19.8 Å². The molecule has 0 amide bonds. The number of hydrogen-bond donors (Lipinski definition) is 4. The first-order valence-corrected chi connectivity index (χ1v) is 13.2. The molecule has 1 aromatic heterocycles. The Labute approximate surface area is 193 Å². The lowest BCUT2D eigenvalue weighted by Gasteiger charge is -2.17. The van der Waals surface area contributed by atoms with Crippen molar-refractivity contribution in [3.8, 4) is 0 Å². The highest BCUT2D eigenvalue weighted by Crippen LogP contribution is 2.44. The van der Waals surface area contributed by atoms with Gasteiger partial charge in [0.05, 0.1) is 13.2 Å². The minimum atomic E-state index is -4.36. The second-order valence-corrected chi connectivity index (χ2v) is 9.80. The van der Waals surface area contributed by atoms with Crippen LogP contribution >= 0.6 is 7.82 Å². The first-order valence-electron chi connectivity index (χ1n) is 11.7. The van der Waals surface area contributed by atoms with E-state index in [1.165, 1.54) is 38.5 Å². The van der Waals surface area contributed by atoms with Crippen LogP contribution in [0.25, 0.3) is 0 Å². The van der Waals surface area contributed by atoms with Gasteiger partial charge in [0, 0.05) is 12.3 Å². The number of phosphoric acid groups is 1. The van der Waals surface area contributed by atoms with Crippen molar-refractivity contribution in [2.45, 2.75) is 95.7 Å². The summed E-state index contributed by atoms with van der Waals surface area (Å²) in [5.41, 5.74) is -1.45. The predicted molar refractivity (Wildman–Crippen MR) is 121 cm³/mol. The molecule has 1 unspecified atom stereocenters. The molecule has 0 saturated carbocycles. The van der Waals surface area contributed by atoms with E-state index in [1.54, 1.807) is 0 Å². The number of aliphatic hydroxyl groups excluding tert-OH is 2. The molecule has 0 aromatic carbocycles. The number of unbranched alkanes of at least 4 members (excludes halogenated alkanes) is 9. The van der Waals surface area contributed by atoms with Crippen LogP contribution in [0.3, 0.4) is 0 Å². The quantitative estimate of drug-likeness (QED) is 0.200. The number of hydrogen-bond acceptors (Lipinski definition) is 8. The molecule has 33 heavy (non-hydrogen) atoms. The van der Waals surface area contributed by atoms with Crippen LogP contribution in [0.15, 0.2) is 21.9 Å². The molecule has 1 aliphatic heterocycles. The van der Waals surface area contributed by atoms with Gasteiger partial charge in [-0.15, -0.1) is 0 Å². The number of aromatic amines is 1. The maximum atomic E-state index is 12.1. The van der Waals surface area contributed by atoms with E-state index >= 15 is 0 Å². The summed E-state index contributed by atoms with van der Waals surface area (Å²) in [6.07, 6.45) is 6.93. The van der Waals surface area contributed by atoms with E-state index < -0.39 is 50.2 Å². The fourth-order valence-electron chi connectivity index (χ4n) is 3.70. The van der Waals surface area contributed by atoms with Crippen LogP contribution in [-0.4, -0.2) is 56.2 Å². The number of rotatable bonds is 16. The van der Waals surface area contributed by atoms with Gasteiger partial charge in [-0.05, 0) is 6.42 Å². The van der Waals surface area contributed by atoms with Crippen molar-refractivity contribution in [3.05, 3.63) is 33.1 Å². The van der Waals surface area contributed by atoms with Gasteiger partial charge in [-0.2, -0.15) is 0 Å². The molecule has 0 bridgehead atoms. The number of nitrogens with one attached hydrogen (secondary N) is 1. The maximum absolute atomic E-state index is 12.1. The molecule has 1 saturated heterocycles. The maximum Gasteiger partial charge on any atom is 0.472 e. The topological polar surface area (TPSA) is 160 Å². The Morgan fingerprint density at radius 1 is 1.00 bits per heavy atom. The molecular formula is C21H37N2O9P. The van der Waals surface area contributed by atoms with Crippen LogP contribution in [0.4, 0.5) is 0 Å². The summed E-state index contributed by atoms with van der Waals surface area (Å²) >= 11 is 0. The highest BCUT2D eigenvalue weighted by Gasteiger charge is 2.45. The van der Waals surface area contributed by atoms with Gasteiger partial charge in [0.15, 0.2) is 6.23 Å². The Bertz CT molecular complexity index is 859. The molecule has 0 aliphatic carbocycles. The Hall–Kier alpha value is -1.33. The zero-order valence-corrected chi connectivity index (χ0v) is 20.0. The summed E-state index contributed by atoms with van der Waals surface area (Å²) in [4.78, 5) is 34.9. The average Bonchev–Trinajstić information content (AvgIpc) is 3.04. The summed E-state index contributed by atoms with van der Waals surface area (Å²) in [5.74, 6) is 0. The van der Waals surface area contributed by atoms with Gasteiger partial charge in [0.1, 0.15) is 18.3 Å². The van der Waals surface area contributed by atoms with Crippen molar-refractivity contribution in [1.82, 2.24) is 9.55 Å². The number of H-pyrrole nitrogens is 1. The first-order chi connectivity index (χ1) is 15.7. The third kappa shape index (κ3) is 9.44. The Morgan fingerprint density at radius 3 is 2.21 bits per heavy atom. The van der Waals surface area contributed by atoms with Gasteiger partial charge >= 0.3 is 13.5 Å². The smallest absolute Gasteiger partial charge is 0.387 e. The average molecular weight is 493 g/mol. The molecule has 2 rings (SSSR count). The largest absolute Gasteiger partial charge is 0.472 e. The van der Waals surface area contributed by atoms with E-state index in [9.17, 15) is 29.3 Å². The zero-order chi connectivity index (χ0) is 24.3. The van der Waals surface area contributed by atoms with Gasteiger partial charge in [-0.3, -0.25) is 23.4 Å². The monoisotopic (exact) mass is 492 g/mol. The van der Waals surface area contributed by atoms with Crippen LogP contribution in [0.5, 0.6) is 0 Å². The minimum absolute atomic E-state index is 0.0659. The van der Waals surface area contributed by atoms with E-state index in [0.717, 1.165) is 36.1 Å². The molecule has 4 N–H and O–H groups in total. The van der Waals surface area contributed by atoms with Crippen molar-refractivity contribution in [2.75, 3.05) is 13.2 Å². The fourth-order valence-corrected chi connectivity index (χ4v) is 4.47. The van der Waals surface area contributed by atoms with Crippen LogP contribution in [0, 0.1) is 0 Å². The fraction of sp³-hybridized carbons (Fsp3) is 0.810. The van der Waals surface area contributed by atoms with Crippen LogP contribution < -0.4 is 11.2 Å². The molecule has 0 radical (unpaired) electrons. The molecule has 2 heterocycles. The van der Waals surface area contributed by atoms with E-state index in [4.69, 9.17) is 13.8 Å². The number of aromatic nitrogens is 2. The van der Waals surface area contributed by atoms with Crippen LogP contribution in [-0.2, 0) is 18.3 Å². The Kier molecular flexibility index (Phi) is 12.0. The summed E-state index contributed by atoms with van der Waals surface area (Å²) < 4.78 is 28.3. The van der Waals surface area contributed by atoms with Crippen molar-refractivity contribution in [3.63, 3.8) is 0 Å². The summed E-state index contributed by atoms with van der Waals surface area (Å²) in [5, 5.41) is 20.3. The standard InChI is InChI=1S/C21H37N2O9P/c1-2-3-4-5-6-7-8-9-10-11-14-30-33(28,29)31-15-16-18(25)19(26)20(32-16)23-13-12-17(24)22-21(23)27/h12-13,16,18-20,25-26H,2-11,14-15H2,1H3,(H,28,29)(H,22,24,27)/t16-,18-,19-,20-/m1/s1. The first kappa shape index (κ1) is 27.9. The summed E-state index contributed by atoms with van der Waals surface area (Å²) in [7, 11) is -4.36. The highest BCUT2D eigenvalue weighted by molar-refractivity contribution is 7.47. The van der Waals surface area contributed by atoms with E-state index in [-0.39, 0.29) is 6.61 Å². The molecular weight excluding hydrogens is 455 g/mol. The van der Waals surface area contributed by atoms with E-state index in [2.05, 4.69) is 6.92 Å². The SMILES string of the molecule is CCCCCCCCCCCCOP(=O)(O)OC[C@H]1O[C@@H](n2ccc(=O)[nH]c2=O)[C@H](O)[C@@H]1O. The number of aliphatic hydroxyl groups is 2. The van der Waals surface area contributed by atoms with Gasteiger partial charge in [-0.1, -0.05) is 64.7 Å². The lowest BCUT2D eigenvalue weighted by atomic mass is 10.1. The molecule has 12 heteroatoms. The van der Waals surface area contributed by atoms with Gasteiger partial charge in [0.25, 0.3) is 5.56 Å². The van der Waals surface area contributed by atoms with Crippen molar-refractivity contribution in [1.29, 1.82) is 0 Å². The van der Waals surface area contributed by atoms with Crippen LogP contribution in [0.1, 0.15) is 77.4 Å². The summed E-state index contributed by atoms with van der Waals surface area (Å²) in [6, 6.07) is 1.07. The van der Waals surface area contributed by atoms with Crippen molar-refractivity contribution in [2.24, 2.45) is 0 Å². The zero-order valence-electron chi connectivity index (χ0n) is 19.1. The number of nitrogens with zero attached hydrogens (tertiary/aromatic N) is 1. The predicted octanol–water partition coefficient (Wildman–Crippen LogP) is 2.21. The molecule has 5 atom stereocenters. The van der Waals surface area contributed by atoms with Crippen molar-refractivity contribution < 1.29 is 33.5 Å². The molecule has 11 nitrogen and oxygen atoms in total. The molecule has 1 aromatic rings. The van der Waals surface area contributed by atoms with E-state index in [1.807, 2.05) is 4.98 Å². The molecule has 0 spiro atoms. The highest BCUT2D eigenvalue weighted by atomic mass is 31.2. The molecule has 1 aliphatic rings. The second kappa shape index (κ2) is 14.2. The second-order valence-electron chi connectivity index (χ2n) is 8.34. The van der Waals surface area contributed by atoms with Crippen LogP contribution in [0.2, 0.25) is 0 Å². The number of phosphoric ester groups is 1. The Balaban J connectivity index is 1.65. The lowest BCUT2D eigenvalue weighted by Crippen LogP contribution is -2.37. The third-order valence-corrected chi connectivity index (χ3v) is 6.60. The normalized spacial score (nSPS) is 24.7. The molecule has 1 fully saturated rings. The summed E-state index contributed by atoms with van der Waals surface area (Å²) in [6.45, 7) is 1.74. The van der Waals surface area contributed by atoms with E-state index in [0.29, 0.717) is 6.42 Å². The number of ether oxygens (including phenoxy) is 1. The van der Waals surface area contributed by atoms with Gasteiger partial charge in [0.2, 0.25) is 0 Å². The Morgan fingerprint density at radius 2 is 1.61 bits per heavy atom. The third-order valence-electron chi connectivity index (χ3n) is 5.62. The lowest BCUT2D eigenvalue weighted by molar-refractivity contribution is -0.0552. The van der Waals surface area contributed by atoms with Gasteiger partial charge in [-0.25, -0.2) is 9.36 Å². The molecule has 190 valence electrons. The minimum Gasteiger partial charge on any atom is -0.387 e.